The summed E-state index contributed by atoms with van der Waals surface area (Å²) >= 11 is 0. The predicted octanol–water partition coefficient (Wildman–Crippen LogP) is 7.49. The number of likely N-dealkylation sites (tertiary alicyclic amines) is 1. The lowest BCUT2D eigenvalue weighted by Crippen LogP contribution is -2.58. The molecular formula is C28H54N2O. The van der Waals surface area contributed by atoms with Gasteiger partial charge >= 0.3 is 0 Å². The Labute approximate surface area is 194 Å². The number of carbonyl (C=O) groups is 1. The second-order valence-electron chi connectivity index (χ2n) is 11.7. The predicted molar refractivity (Wildman–Crippen MR) is 136 cm³/mol. The van der Waals surface area contributed by atoms with E-state index in [4.69, 9.17) is 5.73 Å². The molecule has 0 aromatic heterocycles. The third-order valence-electron chi connectivity index (χ3n) is 7.15. The molecule has 3 nitrogen and oxygen atoms in total. The van der Waals surface area contributed by atoms with Gasteiger partial charge < -0.3 is 10.6 Å². The van der Waals surface area contributed by atoms with Gasteiger partial charge in [-0.1, -0.05) is 78.2 Å². The van der Waals surface area contributed by atoms with Gasteiger partial charge in [-0.25, -0.2) is 0 Å². The fraction of sp³-hybridized carbons (Fsp3) is 0.893. The van der Waals surface area contributed by atoms with Crippen LogP contribution in [0.25, 0.3) is 0 Å². The second-order valence-corrected chi connectivity index (χ2v) is 11.7. The number of piperidine rings is 1. The van der Waals surface area contributed by atoms with Crippen LogP contribution in [0.5, 0.6) is 0 Å². The first kappa shape index (κ1) is 28.2. The molecule has 0 saturated carbocycles. The zero-order chi connectivity index (χ0) is 23.4. The number of nitrogens with zero attached hydrogens (tertiary/aromatic N) is 1. The van der Waals surface area contributed by atoms with Crippen LogP contribution in [0, 0.1) is 17.8 Å². The van der Waals surface area contributed by atoms with E-state index in [1.807, 2.05) is 24.8 Å². The number of carbonyl (C=O) groups excluding carboxylic acids is 1. The smallest absolute Gasteiger partial charge is 0.246 e. The monoisotopic (exact) mass is 434 g/mol. The van der Waals surface area contributed by atoms with Crippen molar-refractivity contribution < 1.29 is 4.79 Å². The fourth-order valence-electron chi connectivity index (χ4n) is 5.04. The number of nitrogens with two attached hydrogens (primary N) is 1. The maximum atomic E-state index is 12.9. The van der Waals surface area contributed by atoms with E-state index < -0.39 is 0 Å². The molecule has 1 heterocycles. The standard InChI is InChI=1S/C28H54N2O/c1-22(2)13-10-14-23(3)15-11-16-24(4)17-12-18-25(5)21-27(31)30-20-9-8-19-26(30)28(6,7)29/h21-24,26H,8-20,29H2,1-7H3/b25-21+. The van der Waals surface area contributed by atoms with Gasteiger partial charge in [0.05, 0.1) is 0 Å². The van der Waals surface area contributed by atoms with Gasteiger partial charge in [-0.05, 0) is 70.6 Å². The van der Waals surface area contributed by atoms with Gasteiger partial charge in [0.25, 0.3) is 0 Å². The minimum absolute atomic E-state index is 0.158. The van der Waals surface area contributed by atoms with Gasteiger partial charge in [-0.3, -0.25) is 4.79 Å². The number of amides is 1. The molecule has 182 valence electrons. The first-order valence-electron chi connectivity index (χ1n) is 13.3. The Morgan fingerprint density at radius 2 is 1.52 bits per heavy atom. The SMILES string of the molecule is C/C(=C\C(=O)N1CCCCC1C(C)(C)N)CCCC(C)CCCC(C)CCCC(C)C. The van der Waals surface area contributed by atoms with Crippen molar-refractivity contribution in [2.45, 2.75) is 137 Å². The maximum absolute atomic E-state index is 12.9. The van der Waals surface area contributed by atoms with Gasteiger partial charge in [0.1, 0.15) is 0 Å². The third kappa shape index (κ3) is 12.1. The largest absolute Gasteiger partial charge is 0.334 e. The van der Waals surface area contributed by atoms with Gasteiger partial charge in [-0.2, -0.15) is 0 Å². The first-order valence-corrected chi connectivity index (χ1v) is 13.3. The summed E-state index contributed by atoms with van der Waals surface area (Å²) in [6.45, 7) is 16.5. The second kappa shape index (κ2) is 14.3. The molecule has 0 bridgehead atoms. The van der Waals surface area contributed by atoms with Crippen LogP contribution in [0.1, 0.15) is 126 Å². The van der Waals surface area contributed by atoms with Gasteiger partial charge in [0.2, 0.25) is 5.91 Å². The molecule has 1 amide bonds. The van der Waals surface area contributed by atoms with Crippen LogP contribution in [-0.2, 0) is 4.79 Å². The topological polar surface area (TPSA) is 46.3 Å². The number of allylic oxidation sites excluding steroid dienone is 1. The van der Waals surface area contributed by atoms with Crippen molar-refractivity contribution in [1.29, 1.82) is 0 Å². The lowest BCUT2D eigenvalue weighted by atomic mass is 9.87. The molecule has 2 N–H and O–H groups in total. The summed E-state index contributed by atoms with van der Waals surface area (Å²) in [5.74, 6) is 2.67. The summed E-state index contributed by atoms with van der Waals surface area (Å²) < 4.78 is 0. The average Bonchev–Trinajstić information content (AvgIpc) is 2.67. The lowest BCUT2D eigenvalue weighted by Gasteiger charge is -2.42. The third-order valence-corrected chi connectivity index (χ3v) is 7.15. The Hall–Kier alpha value is -0.830. The zero-order valence-electron chi connectivity index (χ0n) is 22.0. The van der Waals surface area contributed by atoms with Crippen LogP contribution in [0.3, 0.4) is 0 Å². The van der Waals surface area contributed by atoms with E-state index in [9.17, 15) is 4.79 Å². The Balaban J connectivity index is 2.28. The van der Waals surface area contributed by atoms with E-state index in [1.165, 1.54) is 63.4 Å². The van der Waals surface area contributed by atoms with Crippen LogP contribution >= 0.6 is 0 Å². The van der Waals surface area contributed by atoms with Crippen LogP contribution in [0.4, 0.5) is 0 Å². The molecular weight excluding hydrogens is 380 g/mol. The molecule has 1 aliphatic rings. The van der Waals surface area contributed by atoms with Crippen LogP contribution in [-0.4, -0.2) is 28.9 Å². The van der Waals surface area contributed by atoms with Crippen molar-refractivity contribution in [2.24, 2.45) is 23.5 Å². The zero-order valence-corrected chi connectivity index (χ0v) is 22.0. The van der Waals surface area contributed by atoms with E-state index in [-0.39, 0.29) is 17.5 Å². The maximum Gasteiger partial charge on any atom is 0.246 e. The minimum Gasteiger partial charge on any atom is -0.334 e. The molecule has 0 aliphatic carbocycles. The highest BCUT2D eigenvalue weighted by molar-refractivity contribution is 5.88. The quantitative estimate of drug-likeness (QED) is 0.288. The highest BCUT2D eigenvalue weighted by Gasteiger charge is 2.34. The number of hydrogen-bond donors (Lipinski definition) is 1. The summed E-state index contributed by atoms with van der Waals surface area (Å²) in [5.41, 5.74) is 7.25. The van der Waals surface area contributed by atoms with Crippen molar-refractivity contribution in [3.8, 4) is 0 Å². The van der Waals surface area contributed by atoms with E-state index in [0.29, 0.717) is 0 Å². The molecule has 31 heavy (non-hydrogen) atoms. The Morgan fingerprint density at radius 1 is 0.968 bits per heavy atom. The normalized spacial score (nSPS) is 20.2. The molecule has 1 aliphatic heterocycles. The van der Waals surface area contributed by atoms with Crippen molar-refractivity contribution in [3.63, 3.8) is 0 Å². The van der Waals surface area contributed by atoms with Crippen LogP contribution < -0.4 is 5.73 Å². The summed E-state index contributed by atoms with van der Waals surface area (Å²) in [4.78, 5) is 14.9. The van der Waals surface area contributed by atoms with Crippen LogP contribution in [0.15, 0.2) is 11.6 Å². The molecule has 1 rings (SSSR count). The minimum atomic E-state index is -0.334. The molecule has 0 aromatic rings. The summed E-state index contributed by atoms with van der Waals surface area (Å²) in [7, 11) is 0. The first-order chi connectivity index (χ1) is 14.5. The van der Waals surface area contributed by atoms with Gasteiger partial charge in [0.15, 0.2) is 0 Å². The number of rotatable bonds is 14. The van der Waals surface area contributed by atoms with Gasteiger partial charge in [0, 0.05) is 24.2 Å². The molecule has 1 fully saturated rings. The Bertz CT molecular complexity index is 532. The van der Waals surface area contributed by atoms with Crippen LogP contribution in [0.2, 0.25) is 0 Å². The lowest BCUT2D eigenvalue weighted by molar-refractivity contribution is -0.131. The van der Waals surface area contributed by atoms with Crippen molar-refractivity contribution in [2.75, 3.05) is 6.54 Å². The molecule has 0 aromatic carbocycles. The average molecular weight is 435 g/mol. The summed E-state index contributed by atoms with van der Waals surface area (Å²) in [6.07, 6.45) is 16.9. The van der Waals surface area contributed by atoms with Crippen molar-refractivity contribution in [1.82, 2.24) is 4.90 Å². The Morgan fingerprint density at radius 3 is 2.06 bits per heavy atom. The van der Waals surface area contributed by atoms with E-state index >= 15 is 0 Å². The number of hydrogen-bond acceptors (Lipinski definition) is 2. The highest BCUT2D eigenvalue weighted by Crippen LogP contribution is 2.26. The molecule has 3 unspecified atom stereocenters. The fourth-order valence-corrected chi connectivity index (χ4v) is 5.04. The Kier molecular flexibility index (Phi) is 13.1. The highest BCUT2D eigenvalue weighted by atomic mass is 16.2. The molecule has 0 spiro atoms. The van der Waals surface area contributed by atoms with Crippen molar-refractivity contribution in [3.05, 3.63) is 11.6 Å². The molecule has 3 heteroatoms. The summed E-state index contributed by atoms with van der Waals surface area (Å²) in [6, 6.07) is 0.158. The van der Waals surface area contributed by atoms with Crippen molar-refractivity contribution >= 4 is 5.91 Å². The molecule has 3 atom stereocenters. The molecule has 0 radical (unpaired) electrons. The van der Waals surface area contributed by atoms with E-state index in [2.05, 4.69) is 34.6 Å². The van der Waals surface area contributed by atoms with Gasteiger partial charge in [-0.15, -0.1) is 0 Å². The van der Waals surface area contributed by atoms with E-state index in [0.717, 1.165) is 43.6 Å². The summed E-state index contributed by atoms with van der Waals surface area (Å²) in [5, 5.41) is 0. The molecule has 1 saturated heterocycles. The van der Waals surface area contributed by atoms with E-state index in [1.54, 1.807) is 0 Å².